The van der Waals surface area contributed by atoms with Crippen LogP contribution in [0.25, 0.3) is 0 Å². The molecule has 0 spiro atoms. The molecule has 0 aliphatic rings. The molecule has 0 amide bonds. The SMILES string of the molecule is CC(CBr)N(Cc1ccccc1)Cc1ccccc1. The number of nitrogens with zero attached hydrogens (tertiary/aromatic N) is 1. The Balaban J connectivity index is 2.08. The second kappa shape index (κ2) is 7.46. The molecule has 0 aliphatic carbocycles. The Hall–Kier alpha value is -1.12. The van der Waals surface area contributed by atoms with Crippen LogP contribution in [0, 0.1) is 0 Å². The fraction of sp³-hybridized carbons (Fsp3) is 0.294. The highest BCUT2D eigenvalue weighted by Crippen LogP contribution is 2.14. The van der Waals surface area contributed by atoms with Gasteiger partial charge in [-0.3, -0.25) is 4.90 Å². The Kier molecular flexibility index (Phi) is 5.62. The van der Waals surface area contributed by atoms with E-state index in [1.54, 1.807) is 0 Å². The zero-order chi connectivity index (χ0) is 13.5. The number of hydrogen-bond acceptors (Lipinski definition) is 1. The first-order chi connectivity index (χ1) is 9.29. The Labute approximate surface area is 124 Å². The van der Waals surface area contributed by atoms with Gasteiger partial charge in [0.15, 0.2) is 0 Å². The van der Waals surface area contributed by atoms with Gasteiger partial charge < -0.3 is 0 Å². The first-order valence-corrected chi connectivity index (χ1v) is 7.79. The highest BCUT2D eigenvalue weighted by Gasteiger charge is 2.13. The third-order valence-corrected chi connectivity index (χ3v) is 4.24. The summed E-state index contributed by atoms with van der Waals surface area (Å²) >= 11 is 3.60. The van der Waals surface area contributed by atoms with Crippen LogP contribution in [0.4, 0.5) is 0 Å². The first-order valence-electron chi connectivity index (χ1n) is 6.67. The Morgan fingerprint density at radius 2 is 1.26 bits per heavy atom. The van der Waals surface area contributed by atoms with Crippen molar-refractivity contribution >= 4 is 15.9 Å². The molecule has 2 aromatic rings. The Bertz CT molecular complexity index is 428. The molecular weight excluding hydrogens is 298 g/mol. The first kappa shape index (κ1) is 14.3. The molecule has 0 radical (unpaired) electrons. The molecule has 100 valence electrons. The zero-order valence-corrected chi connectivity index (χ0v) is 12.9. The highest BCUT2D eigenvalue weighted by molar-refractivity contribution is 9.09. The molecule has 0 saturated heterocycles. The number of hydrogen-bond donors (Lipinski definition) is 0. The van der Waals surface area contributed by atoms with Crippen molar-refractivity contribution < 1.29 is 0 Å². The minimum Gasteiger partial charge on any atom is -0.291 e. The van der Waals surface area contributed by atoms with Crippen LogP contribution in [0.5, 0.6) is 0 Å². The fourth-order valence-corrected chi connectivity index (χ4v) is 2.51. The molecule has 19 heavy (non-hydrogen) atoms. The van der Waals surface area contributed by atoms with Gasteiger partial charge in [-0.25, -0.2) is 0 Å². The smallest absolute Gasteiger partial charge is 0.0240 e. The number of alkyl halides is 1. The van der Waals surface area contributed by atoms with Crippen molar-refractivity contribution in [3.63, 3.8) is 0 Å². The summed E-state index contributed by atoms with van der Waals surface area (Å²) in [5.74, 6) is 0. The largest absolute Gasteiger partial charge is 0.291 e. The molecule has 0 aliphatic heterocycles. The van der Waals surface area contributed by atoms with Crippen LogP contribution in [0.3, 0.4) is 0 Å². The molecule has 0 fully saturated rings. The van der Waals surface area contributed by atoms with Crippen molar-refractivity contribution in [3.05, 3.63) is 71.8 Å². The van der Waals surface area contributed by atoms with Gasteiger partial charge in [-0.2, -0.15) is 0 Å². The van der Waals surface area contributed by atoms with E-state index in [1.165, 1.54) is 11.1 Å². The van der Waals surface area contributed by atoms with E-state index in [-0.39, 0.29) is 0 Å². The maximum atomic E-state index is 3.60. The van der Waals surface area contributed by atoms with Gasteiger partial charge in [-0.05, 0) is 18.1 Å². The maximum absolute atomic E-state index is 3.60. The summed E-state index contributed by atoms with van der Waals surface area (Å²) in [6.07, 6.45) is 0. The van der Waals surface area contributed by atoms with Crippen molar-refractivity contribution in [2.75, 3.05) is 5.33 Å². The van der Waals surface area contributed by atoms with E-state index in [0.717, 1.165) is 18.4 Å². The predicted molar refractivity (Wildman–Crippen MR) is 85.4 cm³/mol. The quantitative estimate of drug-likeness (QED) is 0.710. The van der Waals surface area contributed by atoms with E-state index in [9.17, 15) is 0 Å². The Morgan fingerprint density at radius 3 is 1.63 bits per heavy atom. The van der Waals surface area contributed by atoms with Crippen LogP contribution < -0.4 is 0 Å². The molecule has 1 unspecified atom stereocenters. The lowest BCUT2D eigenvalue weighted by Gasteiger charge is -2.28. The minimum absolute atomic E-state index is 0.514. The Morgan fingerprint density at radius 1 is 0.842 bits per heavy atom. The average molecular weight is 318 g/mol. The molecular formula is C17H20BrN. The number of rotatable bonds is 6. The third-order valence-electron chi connectivity index (χ3n) is 3.30. The van der Waals surface area contributed by atoms with Gasteiger partial charge in [0.2, 0.25) is 0 Å². The van der Waals surface area contributed by atoms with Gasteiger partial charge in [-0.1, -0.05) is 76.6 Å². The van der Waals surface area contributed by atoms with Crippen LogP contribution in [0.2, 0.25) is 0 Å². The van der Waals surface area contributed by atoms with Crippen molar-refractivity contribution in [1.82, 2.24) is 4.90 Å². The van der Waals surface area contributed by atoms with Crippen molar-refractivity contribution in [2.45, 2.75) is 26.1 Å². The summed E-state index contributed by atoms with van der Waals surface area (Å²) in [4.78, 5) is 2.50. The van der Waals surface area contributed by atoms with Gasteiger partial charge in [0.05, 0.1) is 0 Å². The standard InChI is InChI=1S/C17H20BrN/c1-15(12-18)19(13-16-8-4-2-5-9-16)14-17-10-6-3-7-11-17/h2-11,15H,12-14H2,1H3. The van der Waals surface area contributed by atoms with Gasteiger partial charge in [-0.15, -0.1) is 0 Å². The third kappa shape index (κ3) is 4.48. The minimum atomic E-state index is 0.514. The van der Waals surface area contributed by atoms with Gasteiger partial charge in [0.1, 0.15) is 0 Å². The van der Waals surface area contributed by atoms with Crippen LogP contribution in [0.1, 0.15) is 18.1 Å². The van der Waals surface area contributed by atoms with Crippen LogP contribution in [0.15, 0.2) is 60.7 Å². The monoisotopic (exact) mass is 317 g/mol. The van der Waals surface area contributed by atoms with Crippen LogP contribution in [-0.2, 0) is 13.1 Å². The summed E-state index contributed by atoms with van der Waals surface area (Å²) in [7, 11) is 0. The van der Waals surface area contributed by atoms with E-state index in [4.69, 9.17) is 0 Å². The summed E-state index contributed by atoms with van der Waals surface area (Å²) in [6.45, 7) is 4.24. The molecule has 1 nitrogen and oxygen atoms in total. The molecule has 2 heteroatoms. The zero-order valence-electron chi connectivity index (χ0n) is 11.3. The second-order valence-electron chi connectivity index (χ2n) is 4.88. The van der Waals surface area contributed by atoms with Crippen molar-refractivity contribution in [3.8, 4) is 0 Å². The molecule has 1 atom stereocenters. The van der Waals surface area contributed by atoms with Crippen molar-refractivity contribution in [2.24, 2.45) is 0 Å². The second-order valence-corrected chi connectivity index (χ2v) is 5.53. The molecule has 0 saturated carbocycles. The van der Waals surface area contributed by atoms with Crippen LogP contribution in [-0.4, -0.2) is 16.3 Å². The van der Waals surface area contributed by atoms with E-state index < -0.39 is 0 Å². The maximum Gasteiger partial charge on any atom is 0.0240 e. The highest BCUT2D eigenvalue weighted by atomic mass is 79.9. The predicted octanol–water partition coefficient (Wildman–Crippen LogP) is 4.47. The van der Waals surface area contributed by atoms with Gasteiger partial charge in [0.25, 0.3) is 0 Å². The van der Waals surface area contributed by atoms with Gasteiger partial charge in [0, 0.05) is 24.5 Å². The van der Waals surface area contributed by atoms with E-state index in [0.29, 0.717) is 6.04 Å². The molecule has 2 rings (SSSR count). The average Bonchev–Trinajstić information content (AvgIpc) is 2.48. The van der Waals surface area contributed by atoms with Crippen molar-refractivity contribution in [1.29, 1.82) is 0 Å². The number of halogens is 1. The van der Waals surface area contributed by atoms with E-state index in [2.05, 4.69) is 88.4 Å². The lowest BCUT2D eigenvalue weighted by atomic mass is 10.1. The topological polar surface area (TPSA) is 3.24 Å². The molecule has 2 aromatic carbocycles. The lowest BCUT2D eigenvalue weighted by Crippen LogP contribution is -2.33. The normalized spacial score (nSPS) is 12.6. The van der Waals surface area contributed by atoms with E-state index >= 15 is 0 Å². The van der Waals surface area contributed by atoms with Crippen LogP contribution >= 0.6 is 15.9 Å². The summed E-state index contributed by atoms with van der Waals surface area (Å²) in [6, 6.07) is 21.8. The fourth-order valence-electron chi connectivity index (χ4n) is 2.10. The summed E-state index contributed by atoms with van der Waals surface area (Å²) < 4.78 is 0. The molecule has 0 aromatic heterocycles. The van der Waals surface area contributed by atoms with Gasteiger partial charge >= 0.3 is 0 Å². The summed E-state index contributed by atoms with van der Waals surface area (Å²) in [5, 5.41) is 0.993. The molecule has 0 bridgehead atoms. The van der Waals surface area contributed by atoms with E-state index in [1.807, 2.05) is 0 Å². The molecule has 0 N–H and O–H groups in total. The molecule has 0 heterocycles. The summed E-state index contributed by atoms with van der Waals surface area (Å²) in [5.41, 5.74) is 2.73. The number of benzene rings is 2. The lowest BCUT2D eigenvalue weighted by molar-refractivity contribution is 0.208.